The van der Waals surface area contributed by atoms with Crippen LogP contribution in [0.4, 0.5) is 5.69 Å². The van der Waals surface area contributed by atoms with E-state index in [1.54, 1.807) is 36.4 Å². The summed E-state index contributed by atoms with van der Waals surface area (Å²) < 4.78 is 5.96. The third kappa shape index (κ3) is 3.18. The van der Waals surface area contributed by atoms with Gasteiger partial charge in [0.15, 0.2) is 0 Å². The lowest BCUT2D eigenvalue weighted by molar-refractivity contribution is -0.116. The minimum Gasteiger partial charge on any atom is -0.495 e. The number of amides is 1. The average molecular weight is 350 g/mol. The van der Waals surface area contributed by atoms with E-state index in [1.165, 1.54) is 13.2 Å². The van der Waals surface area contributed by atoms with Crippen LogP contribution in [0.15, 0.2) is 52.1 Å². The standard InChI is InChI=1S/C18H14N4O4/c1-26-15-7-6-11(9-19)8-14(15)20-16(23)10-22-17(24)12-4-2-3-5-13(12)21-18(22)25/h2-8H,10H2,1H3,(H,20,23)(H,21,25). The molecule has 0 bridgehead atoms. The third-order valence-electron chi connectivity index (χ3n) is 3.79. The molecule has 3 aromatic rings. The van der Waals surface area contributed by atoms with Crippen LogP contribution in [0.3, 0.4) is 0 Å². The van der Waals surface area contributed by atoms with Crippen LogP contribution in [-0.2, 0) is 11.3 Å². The number of fused-ring (bicyclic) bond motifs is 1. The molecule has 0 aliphatic rings. The van der Waals surface area contributed by atoms with Gasteiger partial charge in [-0.25, -0.2) is 4.79 Å². The number of methoxy groups -OCH3 is 1. The predicted molar refractivity (Wildman–Crippen MR) is 95.2 cm³/mol. The Morgan fingerprint density at radius 2 is 2.04 bits per heavy atom. The molecule has 2 aromatic carbocycles. The predicted octanol–water partition coefficient (Wildman–Crippen LogP) is 1.21. The van der Waals surface area contributed by atoms with Crippen molar-refractivity contribution in [1.29, 1.82) is 5.26 Å². The van der Waals surface area contributed by atoms with Crippen molar-refractivity contribution < 1.29 is 9.53 Å². The summed E-state index contributed by atoms with van der Waals surface area (Å²) in [5.41, 5.74) is -0.218. The highest BCUT2D eigenvalue weighted by atomic mass is 16.5. The van der Waals surface area contributed by atoms with E-state index in [0.29, 0.717) is 22.2 Å². The van der Waals surface area contributed by atoms with Crippen LogP contribution < -0.4 is 21.3 Å². The largest absolute Gasteiger partial charge is 0.495 e. The van der Waals surface area contributed by atoms with Crippen molar-refractivity contribution >= 4 is 22.5 Å². The van der Waals surface area contributed by atoms with Gasteiger partial charge in [0.25, 0.3) is 5.56 Å². The molecule has 1 amide bonds. The van der Waals surface area contributed by atoms with Gasteiger partial charge in [-0.2, -0.15) is 5.26 Å². The summed E-state index contributed by atoms with van der Waals surface area (Å²) in [6.45, 7) is -0.473. The molecule has 26 heavy (non-hydrogen) atoms. The highest BCUT2D eigenvalue weighted by Gasteiger charge is 2.13. The van der Waals surface area contributed by atoms with Crippen LogP contribution in [0, 0.1) is 11.3 Å². The van der Waals surface area contributed by atoms with Gasteiger partial charge in [-0.3, -0.25) is 14.2 Å². The van der Waals surface area contributed by atoms with Crippen LogP contribution in [0.1, 0.15) is 5.56 Å². The van der Waals surface area contributed by atoms with Gasteiger partial charge in [-0.1, -0.05) is 12.1 Å². The summed E-state index contributed by atoms with van der Waals surface area (Å²) in [4.78, 5) is 39.5. The monoisotopic (exact) mass is 350 g/mol. The van der Waals surface area contributed by atoms with E-state index in [2.05, 4.69) is 10.3 Å². The van der Waals surface area contributed by atoms with E-state index in [9.17, 15) is 14.4 Å². The Labute approximate surface area is 147 Å². The van der Waals surface area contributed by atoms with Crippen LogP contribution in [0.5, 0.6) is 5.75 Å². The number of carbonyl (C=O) groups excluding carboxylic acids is 1. The molecule has 0 radical (unpaired) electrons. The minimum absolute atomic E-state index is 0.279. The molecule has 3 rings (SSSR count). The normalized spacial score (nSPS) is 10.3. The van der Waals surface area contributed by atoms with Crippen molar-refractivity contribution in [2.24, 2.45) is 0 Å². The second-order valence-corrected chi connectivity index (χ2v) is 5.44. The fourth-order valence-corrected chi connectivity index (χ4v) is 2.55. The molecule has 1 heterocycles. The molecular weight excluding hydrogens is 336 g/mol. The topological polar surface area (TPSA) is 117 Å². The zero-order valence-corrected chi connectivity index (χ0v) is 13.8. The fourth-order valence-electron chi connectivity index (χ4n) is 2.55. The van der Waals surface area contributed by atoms with Gasteiger partial charge >= 0.3 is 5.69 Å². The molecule has 130 valence electrons. The summed E-state index contributed by atoms with van der Waals surface area (Å²) in [5.74, 6) is -0.238. The minimum atomic E-state index is -0.679. The van der Waals surface area contributed by atoms with Crippen molar-refractivity contribution in [3.05, 3.63) is 68.9 Å². The van der Waals surface area contributed by atoms with Gasteiger partial charge in [0.1, 0.15) is 12.3 Å². The van der Waals surface area contributed by atoms with Crippen molar-refractivity contribution in [3.8, 4) is 11.8 Å². The Bertz CT molecular complexity index is 1150. The smallest absolute Gasteiger partial charge is 0.329 e. The second-order valence-electron chi connectivity index (χ2n) is 5.44. The van der Waals surface area contributed by atoms with Gasteiger partial charge in [0, 0.05) is 0 Å². The highest BCUT2D eigenvalue weighted by Crippen LogP contribution is 2.25. The quantitative estimate of drug-likeness (QED) is 0.733. The Hall–Kier alpha value is -3.86. The number of para-hydroxylation sites is 1. The summed E-state index contributed by atoms with van der Waals surface area (Å²) in [7, 11) is 1.43. The zero-order chi connectivity index (χ0) is 18.7. The van der Waals surface area contributed by atoms with E-state index < -0.39 is 23.7 Å². The first-order chi connectivity index (χ1) is 12.5. The SMILES string of the molecule is COc1ccc(C#N)cc1NC(=O)Cn1c(=O)[nH]c2ccccc2c1=O. The summed E-state index contributed by atoms with van der Waals surface area (Å²) in [6.07, 6.45) is 0. The number of aromatic nitrogens is 2. The molecule has 0 spiro atoms. The highest BCUT2D eigenvalue weighted by molar-refractivity contribution is 5.92. The van der Waals surface area contributed by atoms with Gasteiger partial charge in [-0.05, 0) is 30.3 Å². The molecule has 0 aliphatic carbocycles. The number of H-pyrrole nitrogens is 1. The van der Waals surface area contributed by atoms with Gasteiger partial charge in [-0.15, -0.1) is 0 Å². The van der Waals surface area contributed by atoms with Crippen LogP contribution in [0.2, 0.25) is 0 Å². The lowest BCUT2D eigenvalue weighted by Crippen LogP contribution is -2.38. The van der Waals surface area contributed by atoms with Crippen LogP contribution in [-0.4, -0.2) is 22.6 Å². The number of anilines is 1. The number of carbonyl (C=O) groups is 1. The average Bonchev–Trinajstić information content (AvgIpc) is 2.65. The van der Waals surface area contributed by atoms with Gasteiger partial charge in [0.05, 0.1) is 35.3 Å². The van der Waals surface area contributed by atoms with Crippen molar-refractivity contribution in [2.75, 3.05) is 12.4 Å². The van der Waals surface area contributed by atoms with E-state index in [1.807, 2.05) is 6.07 Å². The molecule has 0 saturated carbocycles. The summed E-state index contributed by atoms with van der Waals surface area (Å²) >= 11 is 0. The number of nitriles is 1. The van der Waals surface area contributed by atoms with Crippen molar-refractivity contribution in [3.63, 3.8) is 0 Å². The number of benzene rings is 2. The van der Waals surface area contributed by atoms with E-state index in [0.717, 1.165) is 4.57 Å². The molecule has 0 aliphatic heterocycles. The number of nitrogens with one attached hydrogen (secondary N) is 2. The zero-order valence-electron chi connectivity index (χ0n) is 13.8. The molecule has 0 fully saturated rings. The van der Waals surface area contributed by atoms with Crippen LogP contribution >= 0.6 is 0 Å². The van der Waals surface area contributed by atoms with Gasteiger partial charge < -0.3 is 15.0 Å². The molecule has 1 aromatic heterocycles. The Morgan fingerprint density at radius 1 is 1.27 bits per heavy atom. The molecule has 0 atom stereocenters. The molecule has 8 nitrogen and oxygen atoms in total. The van der Waals surface area contributed by atoms with Crippen LogP contribution in [0.25, 0.3) is 10.9 Å². The maximum Gasteiger partial charge on any atom is 0.329 e. The van der Waals surface area contributed by atoms with Crippen molar-refractivity contribution in [2.45, 2.75) is 6.54 Å². The Morgan fingerprint density at radius 3 is 2.77 bits per heavy atom. The molecular formula is C18H14N4O4. The first-order valence-electron chi connectivity index (χ1n) is 7.63. The number of hydrogen-bond donors (Lipinski definition) is 2. The molecule has 2 N–H and O–H groups in total. The Balaban J connectivity index is 1.92. The summed E-state index contributed by atoms with van der Waals surface area (Å²) in [5, 5.41) is 11.8. The third-order valence-corrected chi connectivity index (χ3v) is 3.79. The number of hydrogen-bond acceptors (Lipinski definition) is 5. The van der Waals surface area contributed by atoms with Crippen molar-refractivity contribution in [1.82, 2.24) is 9.55 Å². The van der Waals surface area contributed by atoms with E-state index in [4.69, 9.17) is 10.00 Å². The van der Waals surface area contributed by atoms with E-state index >= 15 is 0 Å². The fraction of sp³-hybridized carbons (Fsp3) is 0.111. The molecule has 0 unspecified atom stereocenters. The summed E-state index contributed by atoms with van der Waals surface area (Å²) in [6, 6.07) is 13.1. The second kappa shape index (κ2) is 6.94. The Kier molecular flexibility index (Phi) is 4.53. The lowest BCUT2D eigenvalue weighted by atomic mass is 10.2. The molecule has 0 saturated heterocycles. The number of nitrogens with zero attached hydrogens (tertiary/aromatic N) is 2. The number of ether oxygens (including phenoxy) is 1. The van der Waals surface area contributed by atoms with E-state index in [-0.39, 0.29) is 5.69 Å². The lowest BCUT2D eigenvalue weighted by Gasteiger charge is -2.11. The number of rotatable bonds is 4. The first kappa shape index (κ1) is 17.0. The first-order valence-corrected chi connectivity index (χ1v) is 7.63. The maximum atomic E-state index is 12.5. The number of aromatic amines is 1. The molecule has 8 heteroatoms. The van der Waals surface area contributed by atoms with Gasteiger partial charge in [0.2, 0.25) is 5.91 Å². The maximum absolute atomic E-state index is 12.5.